The van der Waals surface area contributed by atoms with Crippen LogP contribution in [-0.2, 0) is 13.0 Å². The van der Waals surface area contributed by atoms with Crippen molar-refractivity contribution in [1.29, 1.82) is 0 Å². The molecule has 2 aromatic heterocycles. The van der Waals surface area contributed by atoms with E-state index >= 15 is 0 Å². The Morgan fingerprint density at radius 2 is 2.18 bits per heavy atom. The first-order valence-corrected chi connectivity index (χ1v) is 7.64. The number of aryl methyl sites for hydroxylation is 1. The summed E-state index contributed by atoms with van der Waals surface area (Å²) in [5.74, 6) is 0. The quantitative estimate of drug-likeness (QED) is 0.816. The molecular formula is C12H17N3S2. The van der Waals surface area contributed by atoms with Crippen LogP contribution >= 0.6 is 22.7 Å². The van der Waals surface area contributed by atoms with E-state index in [2.05, 4.69) is 40.8 Å². The summed E-state index contributed by atoms with van der Waals surface area (Å²) >= 11 is 3.45. The molecule has 0 aliphatic heterocycles. The second kappa shape index (κ2) is 6.23. The number of thiophene rings is 1. The van der Waals surface area contributed by atoms with Gasteiger partial charge in [-0.3, -0.25) is 0 Å². The fraction of sp³-hybridized carbons (Fsp3) is 0.500. The molecule has 0 fully saturated rings. The van der Waals surface area contributed by atoms with E-state index in [1.54, 1.807) is 22.7 Å². The SMILES string of the molecule is CCCNCc1nnc(-c2sccc2CC)s1. The molecule has 2 rings (SSSR count). The Hall–Kier alpha value is -0.780. The van der Waals surface area contributed by atoms with Crippen molar-refractivity contribution in [1.82, 2.24) is 15.5 Å². The van der Waals surface area contributed by atoms with Gasteiger partial charge >= 0.3 is 0 Å². The lowest BCUT2D eigenvalue weighted by Gasteiger charge is -1.97. The molecule has 0 saturated carbocycles. The number of hydrogen-bond donors (Lipinski definition) is 1. The normalized spacial score (nSPS) is 10.9. The highest BCUT2D eigenvalue weighted by Crippen LogP contribution is 2.32. The van der Waals surface area contributed by atoms with Gasteiger partial charge in [-0.15, -0.1) is 21.5 Å². The molecule has 0 atom stereocenters. The molecule has 0 aliphatic carbocycles. The zero-order valence-corrected chi connectivity index (χ0v) is 11.8. The lowest BCUT2D eigenvalue weighted by atomic mass is 10.2. The predicted octanol–water partition coefficient (Wildman–Crippen LogP) is 3.33. The molecule has 2 heterocycles. The van der Waals surface area contributed by atoms with Gasteiger partial charge in [0.25, 0.3) is 0 Å². The summed E-state index contributed by atoms with van der Waals surface area (Å²) in [6.07, 6.45) is 2.21. The second-order valence-electron chi connectivity index (χ2n) is 3.81. The predicted molar refractivity (Wildman–Crippen MR) is 74.6 cm³/mol. The number of nitrogens with zero attached hydrogens (tertiary/aromatic N) is 2. The van der Waals surface area contributed by atoms with Crippen LogP contribution in [0, 0.1) is 0 Å². The molecule has 2 aromatic rings. The van der Waals surface area contributed by atoms with Crippen LogP contribution < -0.4 is 5.32 Å². The maximum absolute atomic E-state index is 4.28. The highest BCUT2D eigenvalue weighted by molar-refractivity contribution is 7.20. The van der Waals surface area contributed by atoms with Gasteiger partial charge in [-0.2, -0.15) is 0 Å². The zero-order chi connectivity index (χ0) is 12.1. The monoisotopic (exact) mass is 267 g/mol. The highest BCUT2D eigenvalue weighted by Gasteiger charge is 2.11. The van der Waals surface area contributed by atoms with Gasteiger partial charge in [-0.25, -0.2) is 0 Å². The van der Waals surface area contributed by atoms with E-state index in [9.17, 15) is 0 Å². The molecule has 0 aliphatic rings. The van der Waals surface area contributed by atoms with Crippen LogP contribution in [0.3, 0.4) is 0 Å². The molecule has 0 radical (unpaired) electrons. The van der Waals surface area contributed by atoms with E-state index in [4.69, 9.17) is 0 Å². The Morgan fingerprint density at radius 3 is 2.94 bits per heavy atom. The molecule has 92 valence electrons. The summed E-state index contributed by atoms with van der Waals surface area (Å²) in [5.41, 5.74) is 1.37. The lowest BCUT2D eigenvalue weighted by Crippen LogP contribution is -2.13. The van der Waals surface area contributed by atoms with Gasteiger partial charge in [0, 0.05) is 6.54 Å². The van der Waals surface area contributed by atoms with Crippen molar-refractivity contribution in [3.63, 3.8) is 0 Å². The summed E-state index contributed by atoms with van der Waals surface area (Å²) in [7, 11) is 0. The number of aromatic nitrogens is 2. The van der Waals surface area contributed by atoms with Gasteiger partial charge in [-0.05, 0) is 36.4 Å². The Morgan fingerprint density at radius 1 is 1.29 bits per heavy atom. The minimum absolute atomic E-state index is 0.832. The molecule has 0 spiro atoms. The van der Waals surface area contributed by atoms with Gasteiger partial charge in [0.1, 0.15) is 5.01 Å². The van der Waals surface area contributed by atoms with E-state index in [1.165, 1.54) is 10.4 Å². The second-order valence-corrected chi connectivity index (χ2v) is 5.78. The van der Waals surface area contributed by atoms with E-state index in [-0.39, 0.29) is 0 Å². The fourth-order valence-corrected chi connectivity index (χ4v) is 3.52. The summed E-state index contributed by atoms with van der Waals surface area (Å²) in [4.78, 5) is 1.28. The lowest BCUT2D eigenvalue weighted by molar-refractivity contribution is 0.668. The first kappa shape index (κ1) is 12.7. The number of rotatable bonds is 6. The number of hydrogen-bond acceptors (Lipinski definition) is 5. The molecule has 0 unspecified atom stereocenters. The average Bonchev–Trinajstić information content (AvgIpc) is 2.96. The van der Waals surface area contributed by atoms with Crippen molar-refractivity contribution < 1.29 is 0 Å². The third-order valence-electron chi connectivity index (χ3n) is 2.49. The van der Waals surface area contributed by atoms with Crippen LogP contribution in [0.1, 0.15) is 30.8 Å². The fourth-order valence-electron chi connectivity index (χ4n) is 1.59. The largest absolute Gasteiger partial charge is 0.310 e. The third-order valence-corrected chi connectivity index (χ3v) is 4.53. The minimum atomic E-state index is 0.832. The van der Waals surface area contributed by atoms with Gasteiger partial charge in [0.05, 0.1) is 4.88 Å². The highest BCUT2D eigenvalue weighted by atomic mass is 32.1. The van der Waals surface area contributed by atoms with E-state index < -0.39 is 0 Å². The Bertz CT molecular complexity index is 462. The van der Waals surface area contributed by atoms with Crippen molar-refractivity contribution in [2.75, 3.05) is 6.54 Å². The Labute approximate surface area is 110 Å². The van der Waals surface area contributed by atoms with E-state index in [0.717, 1.165) is 35.9 Å². The Balaban J connectivity index is 2.07. The van der Waals surface area contributed by atoms with E-state index in [0.29, 0.717) is 0 Å². The molecule has 0 aromatic carbocycles. The van der Waals surface area contributed by atoms with Crippen LogP contribution in [-0.4, -0.2) is 16.7 Å². The molecular weight excluding hydrogens is 250 g/mol. The Kier molecular flexibility index (Phi) is 4.65. The van der Waals surface area contributed by atoms with Gasteiger partial charge < -0.3 is 5.32 Å². The minimum Gasteiger partial charge on any atom is -0.310 e. The van der Waals surface area contributed by atoms with Crippen LogP contribution in [0.5, 0.6) is 0 Å². The third kappa shape index (κ3) is 3.12. The molecule has 17 heavy (non-hydrogen) atoms. The van der Waals surface area contributed by atoms with Crippen LogP contribution in [0.25, 0.3) is 9.88 Å². The summed E-state index contributed by atoms with van der Waals surface area (Å²) in [6.45, 7) is 6.21. The molecule has 3 nitrogen and oxygen atoms in total. The zero-order valence-electron chi connectivity index (χ0n) is 10.2. The molecule has 0 bridgehead atoms. The maximum atomic E-state index is 4.28. The standard InChI is InChI=1S/C12H17N3S2/c1-3-6-13-8-10-14-15-12(17-10)11-9(4-2)5-7-16-11/h5,7,13H,3-4,6,8H2,1-2H3. The maximum Gasteiger partial charge on any atom is 0.158 e. The van der Waals surface area contributed by atoms with E-state index in [1.807, 2.05) is 0 Å². The van der Waals surface area contributed by atoms with Gasteiger partial charge in [0.2, 0.25) is 0 Å². The van der Waals surface area contributed by atoms with Gasteiger partial charge in [0.15, 0.2) is 5.01 Å². The smallest absolute Gasteiger partial charge is 0.158 e. The molecule has 0 amide bonds. The van der Waals surface area contributed by atoms with Gasteiger partial charge in [-0.1, -0.05) is 25.2 Å². The van der Waals surface area contributed by atoms with Crippen molar-refractivity contribution in [2.45, 2.75) is 33.2 Å². The first-order valence-electron chi connectivity index (χ1n) is 5.95. The average molecular weight is 267 g/mol. The summed E-state index contributed by atoms with van der Waals surface area (Å²) < 4.78 is 0. The molecule has 5 heteroatoms. The first-order chi connectivity index (χ1) is 8.35. The van der Waals surface area contributed by atoms with Crippen molar-refractivity contribution in [3.05, 3.63) is 22.0 Å². The van der Waals surface area contributed by atoms with Crippen molar-refractivity contribution >= 4 is 22.7 Å². The summed E-state index contributed by atoms with van der Waals surface area (Å²) in [5, 5.41) is 16.1. The van der Waals surface area contributed by atoms with Crippen LogP contribution in [0.4, 0.5) is 0 Å². The summed E-state index contributed by atoms with van der Waals surface area (Å²) in [6, 6.07) is 2.18. The van der Waals surface area contributed by atoms with Crippen molar-refractivity contribution in [2.24, 2.45) is 0 Å². The number of nitrogens with one attached hydrogen (secondary N) is 1. The van der Waals surface area contributed by atoms with Crippen LogP contribution in [0.15, 0.2) is 11.4 Å². The molecule has 0 saturated heterocycles. The topological polar surface area (TPSA) is 37.8 Å². The molecule has 1 N–H and O–H groups in total. The van der Waals surface area contributed by atoms with Crippen molar-refractivity contribution in [3.8, 4) is 9.88 Å². The van der Waals surface area contributed by atoms with Crippen LogP contribution in [0.2, 0.25) is 0 Å².